The Labute approximate surface area is 71.3 Å². The van der Waals surface area contributed by atoms with Gasteiger partial charge in [0.1, 0.15) is 0 Å². The summed E-state index contributed by atoms with van der Waals surface area (Å²) in [6.07, 6.45) is 5.89. The van der Waals surface area contributed by atoms with E-state index in [1.807, 2.05) is 30.1 Å². The summed E-state index contributed by atoms with van der Waals surface area (Å²) in [5.74, 6) is 0. The van der Waals surface area contributed by atoms with Gasteiger partial charge in [-0.3, -0.25) is 0 Å². The molecule has 0 aliphatic rings. The van der Waals surface area contributed by atoms with Crippen LogP contribution in [0.5, 0.6) is 0 Å². The summed E-state index contributed by atoms with van der Waals surface area (Å²) in [4.78, 5) is 1.88. The van der Waals surface area contributed by atoms with Crippen LogP contribution in [0, 0.1) is 0 Å². The first-order valence-corrected chi connectivity index (χ1v) is 2.55. The van der Waals surface area contributed by atoms with Crippen molar-refractivity contribution in [2.45, 2.75) is 6.92 Å². The van der Waals surface area contributed by atoms with E-state index in [-0.39, 0.29) is 24.8 Å². The zero-order valence-electron chi connectivity index (χ0n) is 4.47. The van der Waals surface area contributed by atoms with Crippen molar-refractivity contribution in [1.29, 1.82) is 0 Å². The Kier molecular flexibility index (Phi) is 31.0. The fourth-order valence-electron chi connectivity index (χ4n) is 0.156. The number of allylic oxidation sites excluding steroid dienone is 3. The molecule has 0 bridgehead atoms. The molecule has 0 nitrogen and oxygen atoms in total. The van der Waals surface area contributed by atoms with Crippen molar-refractivity contribution in [3.63, 3.8) is 0 Å². The first kappa shape index (κ1) is 15.8. The molecule has 0 aliphatic carbocycles. The van der Waals surface area contributed by atoms with Gasteiger partial charge in [-0.05, 0) is 0 Å². The maximum absolute atomic E-state index is 2.75. The fourth-order valence-corrected chi connectivity index (χ4v) is 0.298. The normalized spacial score (nSPS) is 8.50. The summed E-state index contributed by atoms with van der Waals surface area (Å²) < 4.78 is 0. The average molecular weight is 190 g/mol. The van der Waals surface area contributed by atoms with Crippen molar-refractivity contribution in [3.8, 4) is 0 Å². The third kappa shape index (κ3) is 16.0. The molecule has 0 N–H and O–H groups in total. The van der Waals surface area contributed by atoms with Crippen LogP contribution in [-0.2, 0) is 16.3 Å². The van der Waals surface area contributed by atoms with Gasteiger partial charge < -0.3 is 24.8 Å². The van der Waals surface area contributed by atoms with E-state index in [2.05, 4.69) is 16.3 Å². The molecule has 3 heteroatoms. The molecule has 0 aromatic rings. The zero-order chi connectivity index (χ0) is 4.83. The maximum atomic E-state index is 2.75. The average Bonchev–Trinajstić information content (AvgIpc) is 1.61. The zero-order valence-corrected chi connectivity index (χ0v) is 7.26. The molecule has 0 amide bonds. The van der Waals surface area contributed by atoms with Gasteiger partial charge in [-0.1, -0.05) is 0 Å². The van der Waals surface area contributed by atoms with Crippen molar-refractivity contribution in [1.82, 2.24) is 0 Å². The molecular formula is C5H7Cl2Cr. The van der Waals surface area contributed by atoms with Crippen molar-refractivity contribution in [2.75, 3.05) is 0 Å². The Bertz CT molecular complexity index is 58.8. The number of halogens is 2. The van der Waals surface area contributed by atoms with Gasteiger partial charge in [-0.2, -0.15) is 0 Å². The monoisotopic (exact) mass is 189 g/mol. The second-order valence-corrected chi connectivity index (χ2v) is 1.28. The van der Waals surface area contributed by atoms with Gasteiger partial charge in [0, 0.05) is 0 Å². The van der Waals surface area contributed by atoms with Gasteiger partial charge in [0.05, 0.1) is 0 Å². The third-order valence-electron chi connectivity index (χ3n) is 0.382. The molecule has 8 heavy (non-hydrogen) atoms. The van der Waals surface area contributed by atoms with Gasteiger partial charge in [-0.15, -0.1) is 0 Å². The molecule has 0 atom stereocenters. The molecule has 0 aliphatic heterocycles. The Morgan fingerprint density at radius 1 is 1.12 bits per heavy atom. The molecular weight excluding hydrogens is 183 g/mol. The van der Waals surface area contributed by atoms with Crippen LogP contribution in [0.3, 0.4) is 0 Å². The van der Waals surface area contributed by atoms with Crippen LogP contribution < -0.4 is 24.8 Å². The number of hydrogen-bond acceptors (Lipinski definition) is 0. The van der Waals surface area contributed by atoms with Crippen molar-refractivity contribution >= 4 is 0 Å². The van der Waals surface area contributed by atoms with Crippen LogP contribution in [0.15, 0.2) is 23.2 Å². The van der Waals surface area contributed by atoms with E-state index < -0.39 is 0 Å². The number of rotatable bonds is 1. The molecule has 0 saturated heterocycles. The smallest absolute Gasteiger partial charge is 1.00 e. The van der Waals surface area contributed by atoms with Gasteiger partial charge in [0.25, 0.3) is 0 Å². The van der Waals surface area contributed by atoms with Crippen LogP contribution in [-0.4, -0.2) is 0 Å². The molecule has 0 aromatic heterocycles. The van der Waals surface area contributed by atoms with Crippen molar-refractivity contribution in [3.05, 3.63) is 23.2 Å². The van der Waals surface area contributed by atoms with E-state index in [1.165, 1.54) is 0 Å². The summed E-state index contributed by atoms with van der Waals surface area (Å²) in [7, 11) is 0. The first-order valence-electron chi connectivity index (χ1n) is 1.81. The molecule has 47 valence electrons. The fraction of sp³-hybridized carbons (Fsp3) is 0.200. The number of hydrogen-bond donors (Lipinski definition) is 0. The van der Waals surface area contributed by atoms with E-state index in [0.29, 0.717) is 0 Å². The maximum Gasteiger partial charge on any atom is -1.00 e. The third-order valence-corrected chi connectivity index (χ3v) is 0.628. The predicted octanol–water partition coefficient (Wildman–Crippen LogP) is -4.37. The summed E-state index contributed by atoms with van der Waals surface area (Å²) in [6, 6.07) is 0. The Balaban J connectivity index is -0.000000125. The van der Waals surface area contributed by atoms with Crippen molar-refractivity contribution < 1.29 is 41.1 Å². The minimum atomic E-state index is 0. The Hall–Kier alpha value is 0.592. The molecule has 0 radical (unpaired) electrons. The van der Waals surface area contributed by atoms with E-state index in [4.69, 9.17) is 0 Å². The first-order chi connectivity index (χ1) is 2.91. The second-order valence-electron chi connectivity index (χ2n) is 0.854. The Morgan fingerprint density at radius 3 is 1.75 bits per heavy atom. The van der Waals surface area contributed by atoms with Gasteiger partial charge in [0.15, 0.2) is 0 Å². The second kappa shape index (κ2) is 15.6. The minimum Gasteiger partial charge on any atom is -1.00 e. The van der Waals surface area contributed by atoms with Crippen LogP contribution in [0.25, 0.3) is 0 Å². The molecule has 0 aromatic carbocycles. The molecule has 0 saturated carbocycles. The molecule has 0 unspecified atom stereocenters. The Morgan fingerprint density at radius 2 is 1.62 bits per heavy atom. The van der Waals surface area contributed by atoms with Gasteiger partial charge in [0.2, 0.25) is 0 Å². The van der Waals surface area contributed by atoms with E-state index in [1.54, 1.807) is 0 Å². The summed E-state index contributed by atoms with van der Waals surface area (Å²) in [5, 5.41) is 0. The van der Waals surface area contributed by atoms with Crippen LogP contribution in [0.2, 0.25) is 0 Å². The van der Waals surface area contributed by atoms with Crippen molar-refractivity contribution in [2.24, 2.45) is 0 Å². The summed E-state index contributed by atoms with van der Waals surface area (Å²) in [6.45, 7) is 1.99. The minimum absolute atomic E-state index is 0. The van der Waals surface area contributed by atoms with Crippen LogP contribution in [0.1, 0.15) is 6.92 Å². The summed E-state index contributed by atoms with van der Waals surface area (Å²) >= 11 is 2.75. The molecule has 0 rings (SSSR count). The van der Waals surface area contributed by atoms with E-state index in [9.17, 15) is 0 Å². The van der Waals surface area contributed by atoms with Gasteiger partial charge in [-0.25, -0.2) is 0 Å². The quantitative estimate of drug-likeness (QED) is 0.366. The molecule has 0 heterocycles. The van der Waals surface area contributed by atoms with Gasteiger partial charge >= 0.3 is 46.4 Å². The van der Waals surface area contributed by atoms with Crippen LogP contribution >= 0.6 is 0 Å². The topological polar surface area (TPSA) is 0 Å². The molecule has 0 fully saturated rings. The molecule has 0 spiro atoms. The SMILES string of the molecule is C/C=C/C=[CH]/[Cr+2].[Cl-].[Cl-]. The standard InChI is InChI=1S/C5H7.2ClH.Cr/c1-3-5-4-2;;;/h1,3-5H,2H3;2*1H;/q;;;+2/p-2/b3-1?,5-4+;;;. The van der Waals surface area contributed by atoms with E-state index in [0.717, 1.165) is 0 Å². The van der Waals surface area contributed by atoms with E-state index >= 15 is 0 Å². The predicted molar refractivity (Wildman–Crippen MR) is 24.0 cm³/mol. The summed E-state index contributed by atoms with van der Waals surface area (Å²) in [5.41, 5.74) is 0. The van der Waals surface area contributed by atoms with Crippen LogP contribution in [0.4, 0.5) is 0 Å². The largest absolute Gasteiger partial charge is 1.00 e.